The van der Waals surface area contributed by atoms with Gasteiger partial charge in [0.15, 0.2) is 0 Å². The fourth-order valence-electron chi connectivity index (χ4n) is 2.39. The summed E-state index contributed by atoms with van der Waals surface area (Å²) in [5.41, 5.74) is 2.34. The molecular weight excluding hydrogens is 342 g/mol. The minimum Gasteiger partial charge on any atom is -0.381 e. The second-order valence-corrected chi connectivity index (χ2v) is 6.25. The fourth-order valence-corrected chi connectivity index (χ4v) is 2.72. The highest BCUT2D eigenvalue weighted by molar-refractivity contribution is 9.10. The van der Waals surface area contributed by atoms with Crippen LogP contribution in [-0.2, 0) is 13.1 Å². The van der Waals surface area contributed by atoms with E-state index in [9.17, 15) is 0 Å². The molecule has 1 N–H and O–H groups in total. The van der Waals surface area contributed by atoms with Crippen LogP contribution in [0.2, 0.25) is 0 Å². The highest BCUT2D eigenvalue weighted by Gasteiger charge is 2.05. The molecule has 0 amide bonds. The summed E-state index contributed by atoms with van der Waals surface area (Å²) in [5.74, 6) is 0. The summed E-state index contributed by atoms with van der Waals surface area (Å²) in [4.78, 5) is 0. The van der Waals surface area contributed by atoms with Crippen molar-refractivity contribution in [3.05, 3.63) is 65.2 Å². The Morgan fingerprint density at radius 1 is 1.23 bits per heavy atom. The number of nitrogens with one attached hydrogen (secondary N) is 1. The molecule has 0 unspecified atom stereocenters. The maximum absolute atomic E-state index is 4.28. The number of nitrogens with zero attached hydrogens (tertiary/aromatic N) is 4. The Morgan fingerprint density at radius 3 is 2.86 bits per heavy atom. The molecule has 0 saturated heterocycles. The summed E-state index contributed by atoms with van der Waals surface area (Å²) in [6.45, 7) is 3.74. The normalized spacial score (nSPS) is 12.3. The minimum absolute atomic E-state index is 0.284. The molecule has 22 heavy (non-hydrogen) atoms. The van der Waals surface area contributed by atoms with E-state index in [-0.39, 0.29) is 6.04 Å². The Labute approximate surface area is 138 Å². The van der Waals surface area contributed by atoms with Gasteiger partial charge in [-0.05, 0) is 46.6 Å². The van der Waals surface area contributed by atoms with Crippen LogP contribution in [0.4, 0.5) is 5.69 Å². The van der Waals surface area contributed by atoms with Gasteiger partial charge in [0.1, 0.15) is 0 Å². The largest absolute Gasteiger partial charge is 0.381 e. The highest BCUT2D eigenvalue weighted by atomic mass is 79.9. The van der Waals surface area contributed by atoms with Gasteiger partial charge in [-0.25, -0.2) is 0 Å². The van der Waals surface area contributed by atoms with Crippen LogP contribution in [0, 0.1) is 0 Å². The van der Waals surface area contributed by atoms with Crippen LogP contribution >= 0.6 is 15.9 Å². The first-order chi connectivity index (χ1) is 10.7. The number of benzene rings is 1. The highest BCUT2D eigenvalue weighted by Crippen LogP contribution is 2.14. The average Bonchev–Trinajstić information content (AvgIpc) is 3.11. The van der Waals surface area contributed by atoms with E-state index in [4.69, 9.17) is 0 Å². The second kappa shape index (κ2) is 6.79. The quantitative estimate of drug-likeness (QED) is 0.733. The van der Waals surface area contributed by atoms with Crippen molar-refractivity contribution in [1.29, 1.82) is 0 Å². The van der Waals surface area contributed by atoms with E-state index in [0.717, 1.165) is 23.2 Å². The van der Waals surface area contributed by atoms with Crippen molar-refractivity contribution >= 4 is 21.6 Å². The molecule has 0 aliphatic heterocycles. The average molecular weight is 360 g/mol. The maximum atomic E-state index is 4.28. The van der Waals surface area contributed by atoms with Gasteiger partial charge in [0, 0.05) is 30.3 Å². The van der Waals surface area contributed by atoms with Crippen molar-refractivity contribution in [2.24, 2.45) is 0 Å². The summed E-state index contributed by atoms with van der Waals surface area (Å²) in [5, 5.41) is 12.0. The van der Waals surface area contributed by atoms with Gasteiger partial charge < -0.3 is 5.32 Å². The van der Waals surface area contributed by atoms with Gasteiger partial charge >= 0.3 is 0 Å². The van der Waals surface area contributed by atoms with E-state index in [1.807, 2.05) is 27.8 Å². The first kappa shape index (κ1) is 14.8. The number of hydrogen-bond donors (Lipinski definition) is 1. The number of hydrogen-bond acceptors (Lipinski definition) is 3. The summed E-state index contributed by atoms with van der Waals surface area (Å²) < 4.78 is 4.85. The number of anilines is 1. The molecule has 0 spiro atoms. The zero-order chi connectivity index (χ0) is 15.4. The Bertz CT molecular complexity index is 720. The van der Waals surface area contributed by atoms with Crippen LogP contribution in [0.25, 0.3) is 0 Å². The standard InChI is InChI=1S/C16H18BrN5/c1-13(10-22-12-15(17)9-19-22)20-16-5-2-4-14(8-16)11-21-7-3-6-18-21/h2-9,12-13,20H,10-11H2,1H3/t13-/m1/s1. The number of aromatic nitrogens is 4. The monoisotopic (exact) mass is 359 g/mol. The smallest absolute Gasteiger partial charge is 0.0660 e. The lowest BCUT2D eigenvalue weighted by Crippen LogP contribution is -2.22. The Balaban J connectivity index is 1.62. The van der Waals surface area contributed by atoms with Crippen molar-refractivity contribution in [2.75, 3.05) is 5.32 Å². The minimum atomic E-state index is 0.284. The van der Waals surface area contributed by atoms with E-state index in [1.165, 1.54) is 5.56 Å². The molecule has 2 heterocycles. The van der Waals surface area contributed by atoms with Gasteiger partial charge in [-0.1, -0.05) is 12.1 Å². The van der Waals surface area contributed by atoms with Crippen LogP contribution in [-0.4, -0.2) is 25.6 Å². The predicted molar refractivity (Wildman–Crippen MR) is 90.8 cm³/mol. The fraction of sp³-hybridized carbons (Fsp3) is 0.250. The molecule has 0 aliphatic rings. The molecule has 0 radical (unpaired) electrons. The summed E-state index contributed by atoms with van der Waals surface area (Å²) in [6.07, 6.45) is 7.55. The second-order valence-electron chi connectivity index (χ2n) is 5.33. The molecule has 6 heteroatoms. The van der Waals surface area contributed by atoms with E-state index in [1.54, 1.807) is 12.4 Å². The molecule has 1 atom stereocenters. The van der Waals surface area contributed by atoms with E-state index >= 15 is 0 Å². The van der Waals surface area contributed by atoms with Gasteiger partial charge in [-0.15, -0.1) is 0 Å². The van der Waals surface area contributed by atoms with Crippen molar-refractivity contribution in [3.8, 4) is 0 Å². The molecule has 0 aliphatic carbocycles. The molecule has 0 saturated carbocycles. The molecular formula is C16H18BrN5. The predicted octanol–water partition coefficient (Wildman–Crippen LogP) is 3.39. The summed E-state index contributed by atoms with van der Waals surface area (Å²) in [7, 11) is 0. The first-order valence-corrected chi connectivity index (χ1v) is 7.99. The van der Waals surface area contributed by atoms with Gasteiger partial charge in [0.2, 0.25) is 0 Å². The first-order valence-electron chi connectivity index (χ1n) is 7.20. The van der Waals surface area contributed by atoms with Crippen molar-refractivity contribution in [2.45, 2.75) is 26.1 Å². The van der Waals surface area contributed by atoms with E-state index in [0.29, 0.717) is 0 Å². The van der Waals surface area contributed by atoms with Gasteiger partial charge in [-0.3, -0.25) is 9.36 Å². The molecule has 5 nitrogen and oxygen atoms in total. The van der Waals surface area contributed by atoms with Gasteiger partial charge in [0.05, 0.1) is 23.8 Å². The lowest BCUT2D eigenvalue weighted by atomic mass is 10.2. The third kappa shape index (κ3) is 3.98. The molecule has 3 rings (SSSR count). The van der Waals surface area contributed by atoms with E-state index in [2.05, 4.69) is 62.6 Å². The lowest BCUT2D eigenvalue weighted by molar-refractivity contribution is 0.560. The van der Waals surface area contributed by atoms with Crippen LogP contribution in [0.3, 0.4) is 0 Å². The van der Waals surface area contributed by atoms with Crippen LogP contribution in [0.15, 0.2) is 59.6 Å². The third-order valence-corrected chi connectivity index (χ3v) is 3.72. The molecule has 1 aromatic carbocycles. The number of halogens is 1. The zero-order valence-electron chi connectivity index (χ0n) is 12.4. The van der Waals surface area contributed by atoms with Gasteiger partial charge in [0.25, 0.3) is 0 Å². The van der Waals surface area contributed by atoms with Gasteiger partial charge in [-0.2, -0.15) is 10.2 Å². The Kier molecular flexibility index (Phi) is 4.58. The van der Waals surface area contributed by atoms with Crippen molar-refractivity contribution < 1.29 is 0 Å². The third-order valence-electron chi connectivity index (χ3n) is 3.31. The Hall–Kier alpha value is -2.08. The Morgan fingerprint density at radius 2 is 2.14 bits per heavy atom. The molecule has 0 fully saturated rings. The maximum Gasteiger partial charge on any atom is 0.0660 e. The van der Waals surface area contributed by atoms with Crippen LogP contribution < -0.4 is 5.32 Å². The van der Waals surface area contributed by atoms with Crippen LogP contribution in [0.5, 0.6) is 0 Å². The molecule has 114 valence electrons. The molecule has 2 aromatic heterocycles. The van der Waals surface area contributed by atoms with Crippen LogP contribution in [0.1, 0.15) is 12.5 Å². The zero-order valence-corrected chi connectivity index (χ0v) is 13.9. The molecule has 3 aromatic rings. The topological polar surface area (TPSA) is 47.7 Å². The molecule has 0 bridgehead atoms. The summed E-state index contributed by atoms with van der Waals surface area (Å²) in [6, 6.07) is 10.7. The lowest BCUT2D eigenvalue weighted by Gasteiger charge is -2.16. The van der Waals surface area contributed by atoms with Crippen molar-refractivity contribution in [1.82, 2.24) is 19.6 Å². The summed E-state index contributed by atoms with van der Waals surface area (Å²) >= 11 is 3.41. The number of rotatable bonds is 6. The SMILES string of the molecule is C[C@H](Cn1cc(Br)cn1)Nc1cccc(Cn2cccn2)c1. The van der Waals surface area contributed by atoms with E-state index < -0.39 is 0 Å². The van der Waals surface area contributed by atoms with Crippen molar-refractivity contribution in [3.63, 3.8) is 0 Å².